The lowest BCUT2D eigenvalue weighted by atomic mass is 9.94. The Morgan fingerprint density at radius 3 is 2.75 bits per heavy atom. The summed E-state index contributed by atoms with van der Waals surface area (Å²) >= 11 is 5.35. The monoisotopic (exact) mass is 358 g/mol. The molecule has 0 aliphatic heterocycles. The molecule has 2 unspecified atom stereocenters. The van der Waals surface area contributed by atoms with E-state index in [1.165, 1.54) is 19.3 Å². The Labute approximate surface area is 132 Å². The highest BCUT2D eigenvalue weighted by Crippen LogP contribution is 2.34. The number of benzene rings is 1. The molecule has 0 spiro atoms. The third-order valence-corrected chi connectivity index (χ3v) is 5.65. The molecular weight excluding hydrogens is 340 g/mol. The van der Waals surface area contributed by atoms with Crippen molar-refractivity contribution in [3.63, 3.8) is 0 Å². The Bertz CT molecular complexity index is 510. The minimum absolute atomic E-state index is 0.160. The molecule has 0 radical (unpaired) electrons. The van der Waals surface area contributed by atoms with Gasteiger partial charge in [0.25, 0.3) is 5.69 Å². The largest absolute Gasteiger partial charge is 0.380 e. The molecule has 6 heteroatoms. The van der Waals surface area contributed by atoms with E-state index in [1.54, 1.807) is 13.0 Å². The summed E-state index contributed by atoms with van der Waals surface area (Å²) in [6.45, 7) is 1.78. The molecule has 1 aromatic rings. The van der Waals surface area contributed by atoms with Crippen molar-refractivity contribution in [2.24, 2.45) is 0 Å². The summed E-state index contributed by atoms with van der Waals surface area (Å²) in [5.41, 5.74) is 1.81. The molecule has 0 bridgehead atoms. The molecule has 110 valence electrons. The van der Waals surface area contributed by atoms with Crippen LogP contribution in [0.4, 0.5) is 11.4 Å². The van der Waals surface area contributed by atoms with Gasteiger partial charge in [-0.15, -0.1) is 0 Å². The topological polar surface area (TPSA) is 55.2 Å². The van der Waals surface area contributed by atoms with Crippen molar-refractivity contribution >= 4 is 39.1 Å². The molecule has 0 aromatic heterocycles. The number of hydrogen-bond acceptors (Lipinski definition) is 4. The van der Waals surface area contributed by atoms with Gasteiger partial charge in [0.2, 0.25) is 0 Å². The molecule has 1 fully saturated rings. The average Bonchev–Trinajstić information content (AvgIpc) is 2.42. The van der Waals surface area contributed by atoms with Crippen LogP contribution in [0.5, 0.6) is 0 Å². The van der Waals surface area contributed by atoms with Gasteiger partial charge >= 0.3 is 0 Å². The van der Waals surface area contributed by atoms with E-state index in [0.29, 0.717) is 16.9 Å². The predicted octanol–water partition coefficient (Wildman–Crippen LogP) is 4.75. The molecule has 1 saturated carbocycles. The molecular formula is C14H19BrN2O2S. The van der Waals surface area contributed by atoms with Crippen molar-refractivity contribution in [1.29, 1.82) is 0 Å². The van der Waals surface area contributed by atoms with Crippen LogP contribution in [0.3, 0.4) is 0 Å². The molecule has 0 amide bonds. The van der Waals surface area contributed by atoms with Gasteiger partial charge in [0.1, 0.15) is 0 Å². The first kappa shape index (κ1) is 15.6. The first-order chi connectivity index (χ1) is 9.52. The van der Waals surface area contributed by atoms with Crippen LogP contribution < -0.4 is 5.32 Å². The number of anilines is 1. The number of nitrogens with zero attached hydrogens (tertiary/aromatic N) is 1. The van der Waals surface area contributed by atoms with E-state index in [0.717, 1.165) is 16.6 Å². The number of nitro benzene ring substituents is 1. The quantitative estimate of drug-likeness (QED) is 0.623. The lowest BCUT2D eigenvalue weighted by Crippen LogP contribution is -2.34. The van der Waals surface area contributed by atoms with E-state index in [4.69, 9.17) is 0 Å². The van der Waals surface area contributed by atoms with Crippen molar-refractivity contribution in [1.82, 2.24) is 0 Å². The second kappa shape index (κ2) is 6.80. The SMILES string of the molecule is CSC1CCCCC1Nc1cc(C)c([N+](=O)[O-])cc1Br. The highest BCUT2D eigenvalue weighted by molar-refractivity contribution is 9.10. The van der Waals surface area contributed by atoms with Crippen LogP contribution in [-0.2, 0) is 0 Å². The van der Waals surface area contributed by atoms with Gasteiger partial charge in [-0.1, -0.05) is 12.8 Å². The van der Waals surface area contributed by atoms with Gasteiger partial charge in [-0.2, -0.15) is 11.8 Å². The molecule has 1 aromatic carbocycles. The van der Waals surface area contributed by atoms with Crippen LogP contribution in [0.2, 0.25) is 0 Å². The highest BCUT2D eigenvalue weighted by Gasteiger charge is 2.25. The summed E-state index contributed by atoms with van der Waals surface area (Å²) in [6, 6.07) is 3.90. The van der Waals surface area contributed by atoms with E-state index < -0.39 is 0 Å². The Hall–Kier alpha value is -0.750. The van der Waals surface area contributed by atoms with E-state index in [9.17, 15) is 10.1 Å². The molecule has 1 aliphatic rings. The van der Waals surface area contributed by atoms with Gasteiger partial charge in [0.05, 0.1) is 4.92 Å². The average molecular weight is 359 g/mol. The van der Waals surface area contributed by atoms with Crippen molar-refractivity contribution in [2.45, 2.75) is 43.9 Å². The zero-order chi connectivity index (χ0) is 14.7. The first-order valence-electron chi connectivity index (χ1n) is 6.76. The standard InChI is InChI=1S/C14H19BrN2O2S/c1-9-7-12(10(15)8-13(9)17(18)19)16-11-5-3-4-6-14(11)20-2/h7-8,11,14,16H,3-6H2,1-2H3. The number of hydrogen-bond donors (Lipinski definition) is 1. The van der Waals surface area contributed by atoms with Crippen molar-refractivity contribution in [3.8, 4) is 0 Å². The summed E-state index contributed by atoms with van der Waals surface area (Å²) in [5, 5.41) is 15.1. The summed E-state index contributed by atoms with van der Waals surface area (Å²) in [4.78, 5) is 10.6. The van der Waals surface area contributed by atoms with E-state index in [-0.39, 0.29) is 10.6 Å². The number of rotatable bonds is 4. The van der Waals surface area contributed by atoms with Crippen LogP contribution in [0.15, 0.2) is 16.6 Å². The molecule has 0 heterocycles. The summed E-state index contributed by atoms with van der Waals surface area (Å²) in [7, 11) is 0. The Kier molecular flexibility index (Phi) is 5.32. The van der Waals surface area contributed by atoms with Crippen LogP contribution in [0.1, 0.15) is 31.2 Å². The third-order valence-electron chi connectivity index (χ3n) is 3.83. The fourth-order valence-corrected chi connectivity index (χ4v) is 4.10. The van der Waals surface area contributed by atoms with Crippen LogP contribution in [0, 0.1) is 17.0 Å². The minimum atomic E-state index is -0.338. The van der Waals surface area contributed by atoms with Crippen molar-refractivity contribution in [2.75, 3.05) is 11.6 Å². The zero-order valence-electron chi connectivity index (χ0n) is 11.7. The van der Waals surface area contributed by atoms with Gasteiger partial charge < -0.3 is 5.32 Å². The van der Waals surface area contributed by atoms with Gasteiger partial charge in [-0.3, -0.25) is 10.1 Å². The fourth-order valence-electron chi connectivity index (χ4n) is 2.72. The first-order valence-corrected chi connectivity index (χ1v) is 8.85. The predicted molar refractivity (Wildman–Crippen MR) is 88.7 cm³/mol. The van der Waals surface area contributed by atoms with Gasteiger partial charge in [0.15, 0.2) is 0 Å². The third kappa shape index (κ3) is 3.47. The van der Waals surface area contributed by atoms with E-state index >= 15 is 0 Å². The van der Waals surface area contributed by atoms with Crippen molar-refractivity contribution < 1.29 is 4.92 Å². The van der Waals surface area contributed by atoms with Crippen molar-refractivity contribution in [3.05, 3.63) is 32.3 Å². The minimum Gasteiger partial charge on any atom is -0.380 e. The normalized spacial score (nSPS) is 22.6. The summed E-state index contributed by atoms with van der Waals surface area (Å²) in [6.07, 6.45) is 7.10. The second-order valence-electron chi connectivity index (χ2n) is 5.19. The number of thioether (sulfide) groups is 1. The molecule has 4 nitrogen and oxygen atoms in total. The molecule has 2 atom stereocenters. The number of nitrogens with one attached hydrogen (secondary N) is 1. The lowest BCUT2D eigenvalue weighted by molar-refractivity contribution is -0.385. The molecule has 20 heavy (non-hydrogen) atoms. The van der Waals surface area contributed by atoms with Gasteiger partial charge in [-0.05, 0) is 48.0 Å². The number of aryl methyl sites for hydroxylation is 1. The fraction of sp³-hybridized carbons (Fsp3) is 0.571. The maximum atomic E-state index is 10.9. The lowest BCUT2D eigenvalue weighted by Gasteiger charge is -2.32. The molecule has 1 aliphatic carbocycles. The zero-order valence-corrected chi connectivity index (χ0v) is 14.1. The van der Waals surface area contributed by atoms with Gasteiger partial charge in [-0.25, -0.2) is 0 Å². The maximum absolute atomic E-state index is 10.9. The van der Waals surface area contributed by atoms with Gasteiger partial charge in [0, 0.05) is 33.1 Å². The molecule has 2 rings (SSSR count). The second-order valence-corrected chi connectivity index (χ2v) is 7.12. The number of halogens is 1. The highest BCUT2D eigenvalue weighted by atomic mass is 79.9. The summed E-state index contributed by atoms with van der Waals surface area (Å²) < 4.78 is 0.764. The van der Waals surface area contributed by atoms with E-state index in [2.05, 4.69) is 27.5 Å². The Morgan fingerprint density at radius 1 is 1.40 bits per heavy atom. The molecule has 1 N–H and O–H groups in total. The van der Waals surface area contributed by atoms with Crippen LogP contribution >= 0.6 is 27.7 Å². The summed E-state index contributed by atoms with van der Waals surface area (Å²) in [5.74, 6) is 0. The number of nitro groups is 1. The van der Waals surface area contributed by atoms with Crippen LogP contribution in [0.25, 0.3) is 0 Å². The van der Waals surface area contributed by atoms with Crippen LogP contribution in [-0.4, -0.2) is 22.5 Å². The molecule has 0 saturated heterocycles. The maximum Gasteiger partial charge on any atom is 0.273 e. The Morgan fingerprint density at radius 2 is 2.10 bits per heavy atom. The van der Waals surface area contributed by atoms with E-state index in [1.807, 2.05) is 17.8 Å². The smallest absolute Gasteiger partial charge is 0.273 e. The Balaban J connectivity index is 2.20.